The Hall–Kier alpha value is -0.780. The summed E-state index contributed by atoms with van der Waals surface area (Å²) in [5.74, 6) is -2.65. The molecule has 0 radical (unpaired) electrons. The molecule has 1 fully saturated rings. The number of hydrogen-bond acceptors (Lipinski definition) is 2. The van der Waals surface area contributed by atoms with Crippen LogP contribution in [0.1, 0.15) is 39.5 Å². The summed E-state index contributed by atoms with van der Waals surface area (Å²) < 4.78 is 38.3. The first-order chi connectivity index (χ1) is 8.53. The Bertz CT molecular complexity index is 316. The van der Waals surface area contributed by atoms with Crippen LogP contribution in [-0.4, -0.2) is 36.5 Å². The van der Waals surface area contributed by atoms with Gasteiger partial charge in [-0.15, -0.1) is 0 Å². The molecule has 1 saturated carbocycles. The average Bonchev–Trinajstić information content (AvgIpc) is 2.23. The van der Waals surface area contributed by atoms with E-state index >= 15 is 0 Å². The molecule has 0 bridgehead atoms. The standard InChI is InChI=1S/C13H24F3N3/c1-12(2)6-4-9(5-7-12)19(3)8-10(11(17)18)13(14,15)16/h9-10H,4-8H2,1-3H3,(H3,17,18). The van der Waals surface area contributed by atoms with Gasteiger partial charge in [0.15, 0.2) is 0 Å². The SMILES string of the molecule is CN(CC(C(=N)N)C(F)(F)F)C1CCC(C)(C)CC1. The number of nitrogens with one attached hydrogen (secondary N) is 1. The van der Waals surface area contributed by atoms with Crippen molar-refractivity contribution in [1.82, 2.24) is 4.90 Å². The molecule has 0 heterocycles. The van der Waals surface area contributed by atoms with Gasteiger partial charge in [-0.2, -0.15) is 13.2 Å². The first-order valence-corrected chi connectivity index (χ1v) is 6.64. The lowest BCUT2D eigenvalue weighted by Crippen LogP contribution is -2.47. The van der Waals surface area contributed by atoms with Gasteiger partial charge in [-0.25, -0.2) is 0 Å². The van der Waals surface area contributed by atoms with Gasteiger partial charge >= 0.3 is 6.18 Å². The molecule has 3 N–H and O–H groups in total. The molecule has 0 amide bonds. The van der Waals surface area contributed by atoms with E-state index in [2.05, 4.69) is 13.8 Å². The van der Waals surface area contributed by atoms with Crippen molar-refractivity contribution in [3.05, 3.63) is 0 Å². The van der Waals surface area contributed by atoms with Crippen molar-refractivity contribution in [2.45, 2.75) is 51.7 Å². The van der Waals surface area contributed by atoms with E-state index in [-0.39, 0.29) is 12.6 Å². The first kappa shape index (κ1) is 16.3. The summed E-state index contributed by atoms with van der Waals surface area (Å²) in [6, 6.07) is 0.164. The third kappa shape index (κ3) is 4.67. The van der Waals surface area contributed by atoms with E-state index in [1.165, 1.54) is 0 Å². The molecule has 1 unspecified atom stereocenters. The quantitative estimate of drug-likeness (QED) is 0.614. The second kappa shape index (κ2) is 5.69. The lowest BCUT2D eigenvalue weighted by molar-refractivity contribution is -0.160. The highest BCUT2D eigenvalue weighted by molar-refractivity contribution is 5.80. The highest BCUT2D eigenvalue weighted by Crippen LogP contribution is 2.37. The van der Waals surface area contributed by atoms with E-state index in [0.717, 1.165) is 25.7 Å². The lowest BCUT2D eigenvalue weighted by atomic mass is 9.75. The van der Waals surface area contributed by atoms with Crippen molar-refractivity contribution in [3.63, 3.8) is 0 Å². The summed E-state index contributed by atoms with van der Waals surface area (Å²) in [5.41, 5.74) is 5.37. The van der Waals surface area contributed by atoms with Gasteiger partial charge in [0.2, 0.25) is 0 Å². The fourth-order valence-electron chi connectivity index (χ4n) is 2.64. The smallest absolute Gasteiger partial charge is 0.387 e. The Labute approximate surface area is 112 Å². The molecular formula is C13H24F3N3. The Balaban J connectivity index is 2.59. The predicted octanol–water partition coefficient (Wildman–Crippen LogP) is 3.00. The van der Waals surface area contributed by atoms with E-state index in [9.17, 15) is 13.2 Å². The zero-order chi connectivity index (χ0) is 14.8. The monoisotopic (exact) mass is 279 g/mol. The van der Waals surface area contributed by atoms with Gasteiger partial charge in [-0.1, -0.05) is 13.8 Å². The number of hydrogen-bond donors (Lipinski definition) is 2. The van der Waals surface area contributed by atoms with Crippen molar-refractivity contribution >= 4 is 5.84 Å². The first-order valence-electron chi connectivity index (χ1n) is 6.64. The predicted molar refractivity (Wildman–Crippen MR) is 70.1 cm³/mol. The van der Waals surface area contributed by atoms with Crippen molar-refractivity contribution in [2.75, 3.05) is 13.6 Å². The highest BCUT2D eigenvalue weighted by atomic mass is 19.4. The summed E-state index contributed by atoms with van der Waals surface area (Å²) in [5, 5.41) is 7.11. The second-order valence-corrected chi connectivity index (χ2v) is 6.38. The van der Waals surface area contributed by atoms with Crippen LogP contribution in [0.3, 0.4) is 0 Å². The Kier molecular flexibility index (Phi) is 4.87. The lowest BCUT2D eigenvalue weighted by Gasteiger charge is -2.39. The number of rotatable bonds is 4. The number of amidine groups is 1. The molecule has 0 saturated heterocycles. The second-order valence-electron chi connectivity index (χ2n) is 6.38. The molecule has 0 spiro atoms. The zero-order valence-corrected chi connectivity index (χ0v) is 11.8. The minimum absolute atomic E-state index is 0.164. The molecule has 0 aromatic rings. The van der Waals surface area contributed by atoms with E-state index < -0.39 is 17.9 Å². The van der Waals surface area contributed by atoms with Crippen LogP contribution in [0.25, 0.3) is 0 Å². The molecular weight excluding hydrogens is 255 g/mol. The van der Waals surface area contributed by atoms with Crippen LogP contribution in [0.5, 0.6) is 0 Å². The van der Waals surface area contributed by atoms with Crippen LogP contribution in [0.4, 0.5) is 13.2 Å². The summed E-state index contributed by atoms with van der Waals surface area (Å²) in [7, 11) is 1.70. The fourth-order valence-corrected chi connectivity index (χ4v) is 2.64. The zero-order valence-electron chi connectivity index (χ0n) is 11.8. The van der Waals surface area contributed by atoms with Crippen molar-refractivity contribution in [1.29, 1.82) is 5.41 Å². The summed E-state index contributed by atoms with van der Waals surface area (Å²) in [4.78, 5) is 1.72. The molecule has 0 aliphatic heterocycles. The Morgan fingerprint density at radius 1 is 1.37 bits per heavy atom. The maximum absolute atomic E-state index is 12.8. The third-order valence-corrected chi connectivity index (χ3v) is 4.17. The van der Waals surface area contributed by atoms with Gasteiger partial charge < -0.3 is 10.6 Å². The van der Waals surface area contributed by atoms with Gasteiger partial charge in [-0.05, 0) is 38.1 Å². The Morgan fingerprint density at radius 2 is 1.84 bits per heavy atom. The van der Waals surface area contributed by atoms with Crippen molar-refractivity contribution in [3.8, 4) is 0 Å². The van der Waals surface area contributed by atoms with Crippen LogP contribution in [0, 0.1) is 16.7 Å². The van der Waals surface area contributed by atoms with Crippen LogP contribution in [-0.2, 0) is 0 Å². The number of nitrogens with zero attached hydrogens (tertiary/aromatic N) is 1. The molecule has 0 aromatic heterocycles. The normalized spacial score (nSPS) is 22.5. The Morgan fingerprint density at radius 3 is 2.21 bits per heavy atom. The summed E-state index contributed by atoms with van der Waals surface area (Å²) in [6.07, 6.45) is -0.566. The average molecular weight is 279 g/mol. The van der Waals surface area contributed by atoms with Crippen molar-refractivity contribution in [2.24, 2.45) is 17.1 Å². The van der Waals surface area contributed by atoms with E-state index in [0.29, 0.717) is 5.41 Å². The van der Waals surface area contributed by atoms with E-state index in [1.807, 2.05) is 0 Å². The number of nitrogens with two attached hydrogens (primary N) is 1. The molecule has 112 valence electrons. The van der Waals surface area contributed by atoms with Gasteiger partial charge in [0.1, 0.15) is 11.8 Å². The van der Waals surface area contributed by atoms with E-state index in [1.54, 1.807) is 11.9 Å². The number of alkyl halides is 3. The van der Waals surface area contributed by atoms with Crippen LogP contribution in [0.15, 0.2) is 0 Å². The summed E-state index contributed by atoms with van der Waals surface area (Å²) in [6.45, 7) is 4.17. The number of halogens is 3. The fraction of sp³-hybridized carbons (Fsp3) is 0.923. The molecule has 19 heavy (non-hydrogen) atoms. The van der Waals surface area contributed by atoms with Gasteiger partial charge in [0.25, 0.3) is 0 Å². The minimum atomic E-state index is -4.44. The largest absolute Gasteiger partial charge is 0.399 e. The van der Waals surface area contributed by atoms with Gasteiger partial charge in [0, 0.05) is 12.6 Å². The molecule has 3 nitrogen and oxygen atoms in total. The molecule has 1 atom stereocenters. The van der Waals surface area contributed by atoms with Crippen LogP contribution >= 0.6 is 0 Å². The van der Waals surface area contributed by atoms with Crippen LogP contribution < -0.4 is 5.73 Å². The molecule has 1 rings (SSSR count). The van der Waals surface area contributed by atoms with Gasteiger partial charge in [0.05, 0.1) is 0 Å². The topological polar surface area (TPSA) is 53.1 Å². The maximum atomic E-state index is 12.8. The van der Waals surface area contributed by atoms with E-state index in [4.69, 9.17) is 11.1 Å². The minimum Gasteiger partial charge on any atom is -0.387 e. The molecule has 1 aliphatic rings. The molecule has 1 aliphatic carbocycles. The van der Waals surface area contributed by atoms with Gasteiger partial charge in [-0.3, -0.25) is 5.41 Å². The molecule has 6 heteroatoms. The third-order valence-electron chi connectivity index (χ3n) is 4.17. The summed E-state index contributed by atoms with van der Waals surface area (Å²) >= 11 is 0. The van der Waals surface area contributed by atoms with Crippen molar-refractivity contribution < 1.29 is 13.2 Å². The molecule has 0 aromatic carbocycles. The highest BCUT2D eigenvalue weighted by Gasteiger charge is 2.43. The maximum Gasteiger partial charge on any atom is 0.399 e. The van der Waals surface area contributed by atoms with Crippen LogP contribution in [0.2, 0.25) is 0 Å².